The molecule has 1 aromatic heterocycles. The van der Waals surface area contributed by atoms with Gasteiger partial charge in [-0.1, -0.05) is 12.1 Å². The minimum absolute atomic E-state index is 0.126. The van der Waals surface area contributed by atoms with Crippen LogP contribution in [0.2, 0.25) is 0 Å². The second kappa shape index (κ2) is 8.83. The van der Waals surface area contributed by atoms with Crippen LogP contribution < -0.4 is 10.1 Å². The van der Waals surface area contributed by atoms with Gasteiger partial charge < -0.3 is 15.2 Å². The molecule has 1 heterocycles. The Morgan fingerprint density at radius 1 is 1.06 bits per heavy atom. The number of ether oxygens (including phenoxy) is 1. The molecule has 0 unspecified atom stereocenters. The van der Waals surface area contributed by atoms with E-state index in [0.717, 1.165) is 12.1 Å². The van der Waals surface area contributed by atoms with Gasteiger partial charge in [-0.2, -0.15) is 18.2 Å². The van der Waals surface area contributed by atoms with Crippen molar-refractivity contribution in [2.75, 3.05) is 5.32 Å². The Balaban J connectivity index is 1.63. The van der Waals surface area contributed by atoms with Gasteiger partial charge in [0.25, 0.3) is 5.91 Å². The molecule has 0 bridgehead atoms. The lowest BCUT2D eigenvalue weighted by Gasteiger charge is -2.15. The van der Waals surface area contributed by atoms with E-state index in [1.807, 2.05) is 0 Å². The van der Waals surface area contributed by atoms with Crippen LogP contribution in [-0.2, 0) is 12.8 Å². The molecule has 3 aromatic carbocycles. The van der Waals surface area contributed by atoms with Gasteiger partial charge in [0.15, 0.2) is 5.82 Å². The van der Waals surface area contributed by atoms with Crippen LogP contribution in [0, 0.1) is 5.82 Å². The highest BCUT2D eigenvalue weighted by Crippen LogP contribution is 2.36. The second-order valence-electron chi connectivity index (χ2n) is 6.90. The van der Waals surface area contributed by atoms with Crippen LogP contribution in [-0.4, -0.2) is 21.0 Å². The summed E-state index contributed by atoms with van der Waals surface area (Å²) in [5, 5.41) is 12.4. The van der Waals surface area contributed by atoms with Gasteiger partial charge in [0, 0.05) is 17.8 Å². The third-order valence-electron chi connectivity index (χ3n) is 4.68. The molecule has 0 aliphatic rings. The van der Waals surface area contributed by atoms with Crippen molar-refractivity contribution in [2.45, 2.75) is 12.8 Å². The summed E-state index contributed by atoms with van der Waals surface area (Å²) >= 11 is 0. The van der Waals surface area contributed by atoms with Gasteiger partial charge >= 0.3 is 6.18 Å². The number of alkyl halides is 3. The lowest BCUT2D eigenvalue weighted by atomic mass is 10.0. The topological polar surface area (TPSA) is 84.3 Å². The van der Waals surface area contributed by atoms with Crippen LogP contribution in [0.25, 0.3) is 10.8 Å². The summed E-state index contributed by atoms with van der Waals surface area (Å²) in [4.78, 5) is 20.7. The van der Waals surface area contributed by atoms with Crippen molar-refractivity contribution in [1.82, 2.24) is 9.97 Å². The van der Waals surface area contributed by atoms with Gasteiger partial charge in [-0.15, -0.1) is 0 Å². The van der Waals surface area contributed by atoms with E-state index in [9.17, 15) is 22.4 Å². The highest BCUT2D eigenvalue weighted by Gasteiger charge is 2.34. The van der Waals surface area contributed by atoms with Crippen molar-refractivity contribution in [3.05, 3.63) is 89.6 Å². The molecule has 4 aromatic rings. The van der Waals surface area contributed by atoms with Crippen LogP contribution in [0.4, 0.5) is 23.2 Å². The molecule has 0 atom stereocenters. The zero-order chi connectivity index (χ0) is 23.6. The Morgan fingerprint density at radius 2 is 1.88 bits per heavy atom. The number of amides is 1. The zero-order valence-electron chi connectivity index (χ0n) is 16.7. The van der Waals surface area contributed by atoms with Gasteiger partial charge in [0.05, 0.1) is 11.3 Å². The summed E-state index contributed by atoms with van der Waals surface area (Å²) in [6.07, 6.45) is -3.41. The standard InChI is InChI=1S/C23H15F4N3O3/c24-14-4-7-19(18(11-14)23(25,26)27)29-22(32)17-3-1-2-13-10-15(5-6-16(13)17)33-21-8-9-28-20(12-31)30-21/h1-11,31H,12H2,(H,29,32). The summed E-state index contributed by atoms with van der Waals surface area (Å²) in [5.41, 5.74) is -1.70. The van der Waals surface area contributed by atoms with Gasteiger partial charge in [-0.3, -0.25) is 4.79 Å². The Hall–Kier alpha value is -4.05. The molecule has 2 N–H and O–H groups in total. The van der Waals surface area contributed by atoms with Crippen molar-refractivity contribution in [1.29, 1.82) is 0 Å². The SMILES string of the molecule is O=C(Nc1ccc(F)cc1C(F)(F)F)c1cccc2cc(Oc3ccnc(CO)n3)ccc12. The minimum Gasteiger partial charge on any atom is -0.439 e. The highest BCUT2D eigenvalue weighted by molar-refractivity contribution is 6.13. The maximum Gasteiger partial charge on any atom is 0.418 e. The fourth-order valence-electron chi connectivity index (χ4n) is 3.21. The fourth-order valence-corrected chi connectivity index (χ4v) is 3.21. The number of fused-ring (bicyclic) bond motifs is 1. The molecule has 6 nitrogen and oxygen atoms in total. The number of rotatable bonds is 5. The smallest absolute Gasteiger partial charge is 0.418 e. The largest absolute Gasteiger partial charge is 0.439 e. The first-order valence-corrected chi connectivity index (χ1v) is 9.56. The summed E-state index contributed by atoms with van der Waals surface area (Å²) in [6, 6.07) is 13.1. The van der Waals surface area contributed by atoms with Crippen LogP contribution >= 0.6 is 0 Å². The Labute approximate surface area is 184 Å². The fraction of sp³-hybridized carbons (Fsp3) is 0.0870. The zero-order valence-corrected chi connectivity index (χ0v) is 16.7. The monoisotopic (exact) mass is 457 g/mol. The number of nitrogens with zero attached hydrogens (tertiary/aromatic N) is 2. The summed E-state index contributed by atoms with van der Waals surface area (Å²) in [7, 11) is 0. The maximum atomic E-state index is 13.3. The molecule has 1 amide bonds. The number of benzene rings is 3. The van der Waals surface area contributed by atoms with Crippen molar-refractivity contribution < 1.29 is 32.2 Å². The molecule has 0 saturated carbocycles. The Bertz CT molecular complexity index is 1340. The number of aromatic nitrogens is 2. The maximum absolute atomic E-state index is 13.3. The summed E-state index contributed by atoms with van der Waals surface area (Å²) < 4.78 is 58.8. The predicted molar refractivity (Wildman–Crippen MR) is 111 cm³/mol. The first kappa shape index (κ1) is 22.2. The number of aliphatic hydroxyl groups excluding tert-OH is 1. The molecule has 0 radical (unpaired) electrons. The molecule has 0 spiro atoms. The molecule has 4 rings (SSSR count). The number of halogens is 4. The van der Waals surface area contributed by atoms with Gasteiger partial charge in [0.2, 0.25) is 5.88 Å². The lowest BCUT2D eigenvalue weighted by Crippen LogP contribution is -2.17. The number of anilines is 1. The number of carbonyl (C=O) groups is 1. The molecule has 10 heteroatoms. The van der Waals surface area contributed by atoms with Crippen LogP contribution in [0.15, 0.2) is 66.9 Å². The molecule has 0 aliphatic carbocycles. The van der Waals surface area contributed by atoms with Crippen LogP contribution in [0.1, 0.15) is 21.7 Å². The van der Waals surface area contributed by atoms with Gasteiger partial charge in [-0.05, 0) is 53.2 Å². The van der Waals surface area contributed by atoms with E-state index in [1.165, 1.54) is 18.3 Å². The average molecular weight is 457 g/mol. The van der Waals surface area contributed by atoms with E-state index in [4.69, 9.17) is 9.84 Å². The number of aliphatic hydroxyl groups is 1. The third kappa shape index (κ3) is 4.90. The number of hydrogen-bond acceptors (Lipinski definition) is 5. The van der Waals surface area contributed by atoms with Crippen molar-refractivity contribution in [3.63, 3.8) is 0 Å². The molecular formula is C23H15F4N3O3. The molecule has 0 aliphatic heterocycles. The highest BCUT2D eigenvalue weighted by atomic mass is 19.4. The first-order valence-electron chi connectivity index (χ1n) is 9.56. The molecule has 33 heavy (non-hydrogen) atoms. The normalized spacial score (nSPS) is 11.4. The minimum atomic E-state index is -4.84. The van der Waals surface area contributed by atoms with E-state index < -0.39 is 29.2 Å². The van der Waals surface area contributed by atoms with Crippen LogP contribution in [0.3, 0.4) is 0 Å². The molecular weight excluding hydrogens is 442 g/mol. The molecule has 0 saturated heterocycles. The lowest BCUT2D eigenvalue weighted by molar-refractivity contribution is -0.137. The average Bonchev–Trinajstić information content (AvgIpc) is 2.79. The number of hydrogen-bond donors (Lipinski definition) is 2. The van der Waals surface area contributed by atoms with Crippen molar-refractivity contribution in [2.24, 2.45) is 0 Å². The van der Waals surface area contributed by atoms with Crippen molar-refractivity contribution in [3.8, 4) is 11.6 Å². The van der Waals surface area contributed by atoms with E-state index in [1.54, 1.807) is 30.3 Å². The number of nitrogens with one attached hydrogen (secondary N) is 1. The summed E-state index contributed by atoms with van der Waals surface area (Å²) in [5.74, 6) is -1.06. The van der Waals surface area contributed by atoms with E-state index in [2.05, 4.69) is 15.3 Å². The van der Waals surface area contributed by atoms with Crippen molar-refractivity contribution >= 4 is 22.4 Å². The quantitative estimate of drug-likeness (QED) is 0.396. The Morgan fingerprint density at radius 3 is 2.64 bits per heavy atom. The third-order valence-corrected chi connectivity index (χ3v) is 4.68. The first-order chi connectivity index (χ1) is 15.7. The van der Waals surface area contributed by atoms with Crippen LogP contribution in [0.5, 0.6) is 11.6 Å². The summed E-state index contributed by atoms with van der Waals surface area (Å²) in [6.45, 7) is -0.350. The van der Waals surface area contributed by atoms with Gasteiger partial charge in [-0.25, -0.2) is 9.37 Å². The number of carbonyl (C=O) groups excluding carboxylic acids is 1. The molecule has 168 valence electrons. The van der Waals surface area contributed by atoms with E-state index >= 15 is 0 Å². The predicted octanol–water partition coefficient (Wildman–Crippen LogP) is 5.32. The Kier molecular flexibility index (Phi) is 5.93. The van der Waals surface area contributed by atoms with E-state index in [-0.39, 0.29) is 23.9 Å². The van der Waals surface area contributed by atoms with E-state index in [0.29, 0.717) is 22.6 Å². The second-order valence-corrected chi connectivity index (χ2v) is 6.90. The molecule has 0 fully saturated rings. The van der Waals surface area contributed by atoms with Gasteiger partial charge in [0.1, 0.15) is 18.2 Å².